The van der Waals surface area contributed by atoms with Crippen molar-refractivity contribution in [2.45, 2.75) is 41.0 Å². The lowest BCUT2D eigenvalue weighted by Crippen LogP contribution is -2.05. The number of hydrogen-bond acceptors (Lipinski definition) is 3. The van der Waals surface area contributed by atoms with E-state index in [0.717, 1.165) is 40.4 Å². The van der Waals surface area contributed by atoms with Gasteiger partial charge in [-0.25, -0.2) is 0 Å². The molecule has 0 unspecified atom stereocenters. The summed E-state index contributed by atoms with van der Waals surface area (Å²) in [6.07, 6.45) is 0.881. The van der Waals surface area contributed by atoms with E-state index in [0.29, 0.717) is 0 Å². The summed E-state index contributed by atoms with van der Waals surface area (Å²) >= 11 is 0. The van der Waals surface area contributed by atoms with Gasteiger partial charge in [-0.1, -0.05) is 60.5 Å². The van der Waals surface area contributed by atoms with Crippen LogP contribution in [0.15, 0.2) is 60.7 Å². The Morgan fingerprint density at radius 3 is 1.64 bits per heavy atom. The highest BCUT2D eigenvalue weighted by molar-refractivity contribution is 7.43. The minimum atomic E-state index is -1.66. The summed E-state index contributed by atoms with van der Waals surface area (Å²) in [7, 11) is -1.66. The zero-order valence-electron chi connectivity index (χ0n) is 17.2. The van der Waals surface area contributed by atoms with E-state index < -0.39 is 8.60 Å². The number of para-hydroxylation sites is 1. The van der Waals surface area contributed by atoms with Gasteiger partial charge in [-0.15, -0.1) is 0 Å². The second kappa shape index (κ2) is 9.12. The van der Waals surface area contributed by atoms with E-state index in [4.69, 9.17) is 13.6 Å². The average Bonchev–Trinajstić information content (AvgIpc) is 2.66. The molecular weight excluding hydrogens is 367 g/mol. The molecule has 0 N–H and O–H groups in total. The molecular formula is C24H27O3P. The van der Waals surface area contributed by atoms with Gasteiger partial charge in [0.15, 0.2) is 0 Å². The first-order valence-corrected chi connectivity index (χ1v) is 10.6. The van der Waals surface area contributed by atoms with Gasteiger partial charge in [0.25, 0.3) is 0 Å². The van der Waals surface area contributed by atoms with Gasteiger partial charge in [0.1, 0.15) is 17.2 Å². The quantitative estimate of drug-likeness (QED) is 0.395. The maximum atomic E-state index is 6.24. The number of hydrogen-bond donors (Lipinski definition) is 0. The van der Waals surface area contributed by atoms with E-state index in [1.165, 1.54) is 11.1 Å². The summed E-state index contributed by atoms with van der Waals surface area (Å²) in [6.45, 7) is 10.3. The maximum absolute atomic E-state index is 6.24. The molecule has 28 heavy (non-hydrogen) atoms. The van der Waals surface area contributed by atoms with Gasteiger partial charge < -0.3 is 13.6 Å². The van der Waals surface area contributed by atoms with E-state index in [1.54, 1.807) is 0 Å². The Balaban J connectivity index is 1.90. The van der Waals surface area contributed by atoms with Crippen LogP contribution in [0.4, 0.5) is 0 Å². The van der Waals surface area contributed by atoms with Crippen molar-refractivity contribution in [1.82, 2.24) is 0 Å². The Morgan fingerprint density at radius 1 is 0.643 bits per heavy atom. The molecule has 0 heterocycles. The van der Waals surface area contributed by atoms with Crippen LogP contribution in [0.3, 0.4) is 0 Å². The first kappa shape index (κ1) is 20.2. The highest BCUT2D eigenvalue weighted by Crippen LogP contribution is 2.44. The minimum Gasteiger partial charge on any atom is -0.408 e. The first-order valence-electron chi connectivity index (χ1n) is 9.52. The predicted molar refractivity (Wildman–Crippen MR) is 116 cm³/mol. The van der Waals surface area contributed by atoms with Crippen molar-refractivity contribution < 1.29 is 13.6 Å². The van der Waals surface area contributed by atoms with Crippen molar-refractivity contribution in [2.24, 2.45) is 0 Å². The van der Waals surface area contributed by atoms with Crippen LogP contribution in [-0.4, -0.2) is 0 Å². The van der Waals surface area contributed by atoms with Crippen LogP contribution in [0, 0.1) is 27.7 Å². The monoisotopic (exact) mass is 394 g/mol. The highest BCUT2D eigenvalue weighted by Gasteiger charge is 2.22. The average molecular weight is 394 g/mol. The van der Waals surface area contributed by atoms with Crippen LogP contribution >= 0.6 is 8.60 Å². The van der Waals surface area contributed by atoms with Crippen LogP contribution < -0.4 is 13.6 Å². The van der Waals surface area contributed by atoms with Gasteiger partial charge in [0.05, 0.1) is 0 Å². The Labute approximate surface area is 169 Å². The number of benzene rings is 3. The molecule has 3 rings (SSSR count). The fraction of sp³-hybridized carbons (Fsp3) is 0.250. The molecule has 0 spiro atoms. The predicted octanol–water partition coefficient (Wildman–Crippen LogP) is 7.25. The van der Waals surface area contributed by atoms with Crippen LogP contribution in [0.1, 0.15) is 34.7 Å². The molecule has 0 aliphatic rings. The van der Waals surface area contributed by atoms with Gasteiger partial charge in [0, 0.05) is 0 Å². The number of aryl methyl sites for hydroxylation is 5. The molecule has 3 aromatic carbocycles. The van der Waals surface area contributed by atoms with Gasteiger partial charge >= 0.3 is 8.60 Å². The Morgan fingerprint density at radius 2 is 1.14 bits per heavy atom. The Bertz CT molecular complexity index is 899. The molecule has 0 fully saturated rings. The summed E-state index contributed by atoms with van der Waals surface area (Å²) < 4.78 is 18.7. The third-order valence-electron chi connectivity index (χ3n) is 4.53. The zero-order valence-corrected chi connectivity index (χ0v) is 18.0. The normalized spacial score (nSPS) is 10.8. The minimum absolute atomic E-state index is 0.774. The molecule has 3 nitrogen and oxygen atoms in total. The van der Waals surface area contributed by atoms with Crippen LogP contribution in [0.2, 0.25) is 0 Å². The molecule has 0 saturated carbocycles. The van der Waals surface area contributed by atoms with Crippen molar-refractivity contribution in [3.8, 4) is 17.2 Å². The molecule has 0 radical (unpaired) electrons. The first-order chi connectivity index (χ1) is 13.5. The van der Waals surface area contributed by atoms with Gasteiger partial charge in [0.2, 0.25) is 0 Å². The van der Waals surface area contributed by atoms with Crippen LogP contribution in [0.5, 0.6) is 17.2 Å². The molecule has 146 valence electrons. The molecule has 3 aromatic rings. The Hall–Kier alpha value is -2.51. The molecule has 0 atom stereocenters. The van der Waals surface area contributed by atoms with Crippen molar-refractivity contribution in [2.75, 3.05) is 0 Å². The molecule has 0 aromatic heterocycles. The van der Waals surface area contributed by atoms with Gasteiger partial charge in [-0.3, -0.25) is 0 Å². The van der Waals surface area contributed by atoms with E-state index >= 15 is 0 Å². The van der Waals surface area contributed by atoms with E-state index in [1.807, 2.05) is 56.3 Å². The summed E-state index contributed by atoms with van der Waals surface area (Å²) in [4.78, 5) is 0. The van der Waals surface area contributed by atoms with E-state index in [9.17, 15) is 0 Å². The topological polar surface area (TPSA) is 27.7 Å². The third kappa shape index (κ3) is 5.05. The van der Waals surface area contributed by atoms with Gasteiger partial charge in [-0.2, -0.15) is 0 Å². The lowest BCUT2D eigenvalue weighted by Gasteiger charge is -2.21. The fourth-order valence-corrected chi connectivity index (χ4v) is 4.17. The second-order valence-corrected chi connectivity index (χ2v) is 7.99. The lowest BCUT2D eigenvalue weighted by molar-refractivity contribution is 0.384. The smallest absolute Gasteiger partial charge is 0.408 e. The van der Waals surface area contributed by atoms with Crippen LogP contribution in [-0.2, 0) is 6.42 Å². The van der Waals surface area contributed by atoms with E-state index in [2.05, 4.69) is 39.0 Å². The summed E-state index contributed by atoms with van der Waals surface area (Å²) in [5, 5.41) is 0. The maximum Gasteiger partial charge on any atom is 0.530 e. The molecule has 4 heteroatoms. The molecule has 0 aliphatic heterocycles. The molecule has 0 saturated heterocycles. The zero-order chi connectivity index (χ0) is 20.1. The summed E-state index contributed by atoms with van der Waals surface area (Å²) in [5.74, 6) is 2.34. The summed E-state index contributed by atoms with van der Waals surface area (Å²) in [5.41, 5.74) is 5.64. The second-order valence-electron chi connectivity index (χ2n) is 7.00. The molecule has 0 bridgehead atoms. The fourth-order valence-electron chi connectivity index (χ4n) is 2.99. The van der Waals surface area contributed by atoms with E-state index in [-0.39, 0.29) is 0 Å². The standard InChI is InChI=1S/C24H27O3P/c1-6-21-9-7-8-10-24(21)27-28(25-22-13-11-17(2)15-19(22)4)26-23-14-12-18(3)16-20(23)5/h7-16H,6H2,1-5H3. The third-order valence-corrected chi connectivity index (χ3v) is 5.57. The Kier molecular flexibility index (Phi) is 6.59. The van der Waals surface area contributed by atoms with Crippen molar-refractivity contribution >= 4 is 8.60 Å². The SMILES string of the molecule is CCc1ccccc1OP(Oc1ccc(C)cc1C)Oc1ccc(C)cc1C. The molecule has 0 aliphatic carbocycles. The van der Waals surface area contributed by atoms with Crippen molar-refractivity contribution in [3.05, 3.63) is 88.5 Å². The van der Waals surface area contributed by atoms with Crippen LogP contribution in [0.25, 0.3) is 0 Å². The highest BCUT2D eigenvalue weighted by atomic mass is 31.2. The number of rotatable bonds is 7. The summed E-state index contributed by atoms with van der Waals surface area (Å²) in [6, 6.07) is 20.2. The van der Waals surface area contributed by atoms with Crippen molar-refractivity contribution in [1.29, 1.82) is 0 Å². The molecule has 0 amide bonds. The lowest BCUT2D eigenvalue weighted by atomic mass is 10.1. The van der Waals surface area contributed by atoms with Crippen molar-refractivity contribution in [3.63, 3.8) is 0 Å². The van der Waals surface area contributed by atoms with Gasteiger partial charge in [-0.05, 0) is 69.0 Å². The largest absolute Gasteiger partial charge is 0.530 e.